The van der Waals surface area contributed by atoms with Crippen LogP contribution < -0.4 is 0 Å². The minimum atomic E-state index is -1.54. The molecule has 3 nitrogen and oxygen atoms in total. The number of aliphatic hydroxyl groups is 1. The summed E-state index contributed by atoms with van der Waals surface area (Å²) in [5.74, 6) is -0.0614. The van der Waals surface area contributed by atoms with E-state index in [0.717, 1.165) is 60.2 Å². The van der Waals surface area contributed by atoms with Crippen LogP contribution in [0, 0.1) is 0 Å². The highest BCUT2D eigenvalue weighted by atomic mass is 16.3. The summed E-state index contributed by atoms with van der Waals surface area (Å²) >= 11 is 0. The zero-order valence-corrected chi connectivity index (χ0v) is 23.0. The number of carbonyl (C=O) groups excluding carboxylic acids is 1. The predicted octanol–water partition coefficient (Wildman–Crippen LogP) is 9.39. The number of carbonyl (C=O) groups is 1. The Hall–Kier alpha value is -5.51. The van der Waals surface area contributed by atoms with Gasteiger partial charge in [0.2, 0.25) is 0 Å². The van der Waals surface area contributed by atoms with E-state index in [9.17, 15) is 9.90 Å². The lowest BCUT2D eigenvalue weighted by Crippen LogP contribution is -2.37. The summed E-state index contributed by atoms with van der Waals surface area (Å²) in [4.78, 5) is 14.0. The van der Waals surface area contributed by atoms with Gasteiger partial charge in [-0.15, -0.1) is 0 Å². The molecule has 9 rings (SSSR count). The number of hydrogen-bond donors (Lipinski definition) is 1. The summed E-state index contributed by atoms with van der Waals surface area (Å²) < 4.78 is 6.09. The number of furan rings is 1. The van der Waals surface area contributed by atoms with E-state index in [4.69, 9.17) is 4.42 Å². The number of hydrogen-bond acceptors (Lipinski definition) is 3. The molecule has 1 unspecified atom stereocenters. The van der Waals surface area contributed by atoms with Crippen LogP contribution in [0.2, 0.25) is 0 Å². The second-order valence-electron chi connectivity index (χ2n) is 11.3. The average Bonchev–Trinajstić information content (AvgIpc) is 3.44. The molecule has 1 aromatic heterocycles. The van der Waals surface area contributed by atoms with Crippen molar-refractivity contribution in [1.82, 2.24) is 0 Å². The molecule has 1 aliphatic carbocycles. The van der Waals surface area contributed by atoms with Crippen LogP contribution in [-0.2, 0) is 5.60 Å². The SMILES string of the molecule is O=C1c2ccccc2C(O)(c2ccc(-c3ccc4oc5ccccc5c4c3)c3ccccc23)c2ccc3ccccc3c21. The quantitative estimate of drug-likeness (QED) is 0.232. The van der Waals surface area contributed by atoms with Gasteiger partial charge in [0.15, 0.2) is 5.78 Å². The fourth-order valence-corrected chi connectivity index (χ4v) is 7.14. The largest absolute Gasteiger partial charge is 0.456 e. The van der Waals surface area contributed by atoms with Gasteiger partial charge in [-0.1, -0.05) is 121 Å². The van der Waals surface area contributed by atoms with Gasteiger partial charge in [-0.3, -0.25) is 4.79 Å². The third kappa shape index (κ3) is 3.25. The van der Waals surface area contributed by atoms with Crippen molar-refractivity contribution in [3.05, 3.63) is 167 Å². The van der Waals surface area contributed by atoms with Gasteiger partial charge in [0.25, 0.3) is 0 Å². The fraction of sp³-hybridized carbons (Fsp3) is 0.0250. The first-order chi connectivity index (χ1) is 21.1. The van der Waals surface area contributed by atoms with Crippen molar-refractivity contribution >= 4 is 49.3 Å². The molecule has 0 amide bonds. The summed E-state index contributed by atoms with van der Waals surface area (Å²) in [6, 6.07) is 46.0. The van der Waals surface area contributed by atoms with Crippen LogP contribution in [-0.4, -0.2) is 10.9 Å². The lowest BCUT2D eigenvalue weighted by atomic mass is 9.68. The molecule has 1 atom stereocenters. The van der Waals surface area contributed by atoms with E-state index in [1.807, 2.05) is 103 Å². The van der Waals surface area contributed by atoms with Gasteiger partial charge >= 0.3 is 0 Å². The van der Waals surface area contributed by atoms with Crippen molar-refractivity contribution < 1.29 is 14.3 Å². The monoisotopic (exact) mass is 552 g/mol. The number of para-hydroxylation sites is 1. The fourth-order valence-electron chi connectivity index (χ4n) is 7.14. The zero-order valence-electron chi connectivity index (χ0n) is 23.0. The Morgan fingerprint density at radius 3 is 2.05 bits per heavy atom. The standard InChI is InChI=1S/C40H24O3/c41-39-31-14-5-7-15-33(31)40(42,35-20-17-24-9-1-2-10-27(24)38(35)39)34-21-19-26(28-11-3-4-12-29(28)34)25-18-22-37-32(23-25)30-13-6-8-16-36(30)43-37/h1-23,42H. The smallest absolute Gasteiger partial charge is 0.194 e. The van der Waals surface area contributed by atoms with Gasteiger partial charge in [0.05, 0.1) is 0 Å². The van der Waals surface area contributed by atoms with E-state index < -0.39 is 5.60 Å². The topological polar surface area (TPSA) is 50.4 Å². The summed E-state index contributed by atoms with van der Waals surface area (Å²) in [7, 11) is 0. The van der Waals surface area contributed by atoms with E-state index in [-0.39, 0.29) is 5.78 Å². The summed E-state index contributed by atoms with van der Waals surface area (Å²) in [6.07, 6.45) is 0. The van der Waals surface area contributed by atoms with Gasteiger partial charge in [-0.2, -0.15) is 0 Å². The third-order valence-electron chi connectivity index (χ3n) is 9.11. The van der Waals surface area contributed by atoms with Crippen LogP contribution in [0.5, 0.6) is 0 Å². The molecule has 0 saturated heterocycles. The number of benzene rings is 7. The molecule has 3 heteroatoms. The van der Waals surface area contributed by atoms with Gasteiger partial charge in [-0.25, -0.2) is 0 Å². The minimum Gasteiger partial charge on any atom is -0.456 e. The van der Waals surface area contributed by atoms with E-state index >= 15 is 0 Å². The van der Waals surface area contributed by atoms with Gasteiger partial charge in [0.1, 0.15) is 16.8 Å². The van der Waals surface area contributed by atoms with Crippen molar-refractivity contribution in [2.24, 2.45) is 0 Å². The van der Waals surface area contributed by atoms with E-state index in [1.165, 1.54) is 0 Å². The lowest BCUT2D eigenvalue weighted by Gasteiger charge is -2.37. The Balaban J connectivity index is 1.33. The Morgan fingerprint density at radius 2 is 1.16 bits per heavy atom. The Morgan fingerprint density at radius 1 is 0.488 bits per heavy atom. The van der Waals surface area contributed by atoms with Gasteiger partial charge in [-0.05, 0) is 50.9 Å². The lowest BCUT2D eigenvalue weighted by molar-refractivity contribution is 0.0956. The number of rotatable bonds is 2. The molecular weight excluding hydrogens is 528 g/mol. The first-order valence-electron chi connectivity index (χ1n) is 14.5. The molecule has 0 bridgehead atoms. The summed E-state index contributed by atoms with van der Waals surface area (Å²) in [5.41, 5.74) is 5.37. The molecule has 0 aliphatic heterocycles. The summed E-state index contributed by atoms with van der Waals surface area (Å²) in [6.45, 7) is 0. The maximum atomic E-state index is 14.0. The molecule has 1 aliphatic rings. The molecular formula is C40H24O3. The average molecular weight is 553 g/mol. The second-order valence-corrected chi connectivity index (χ2v) is 11.3. The van der Waals surface area contributed by atoms with Crippen LogP contribution in [0.4, 0.5) is 0 Å². The molecule has 0 spiro atoms. The second kappa shape index (κ2) is 8.75. The van der Waals surface area contributed by atoms with Crippen LogP contribution in [0.3, 0.4) is 0 Å². The molecule has 1 N–H and O–H groups in total. The third-order valence-corrected chi connectivity index (χ3v) is 9.11. The molecule has 1 heterocycles. The minimum absolute atomic E-state index is 0.0614. The highest BCUT2D eigenvalue weighted by Gasteiger charge is 2.45. The maximum Gasteiger partial charge on any atom is 0.194 e. The van der Waals surface area contributed by atoms with E-state index in [1.54, 1.807) is 0 Å². The van der Waals surface area contributed by atoms with Crippen molar-refractivity contribution in [2.45, 2.75) is 5.60 Å². The first-order valence-corrected chi connectivity index (χ1v) is 14.5. The Kier molecular flexibility index (Phi) is 4.91. The zero-order chi connectivity index (χ0) is 28.7. The predicted molar refractivity (Wildman–Crippen MR) is 173 cm³/mol. The molecule has 202 valence electrons. The van der Waals surface area contributed by atoms with Crippen molar-refractivity contribution in [3.63, 3.8) is 0 Å². The molecule has 7 aromatic carbocycles. The summed E-state index contributed by atoms with van der Waals surface area (Å²) in [5, 5.41) is 19.0. The van der Waals surface area contributed by atoms with Crippen LogP contribution in [0.1, 0.15) is 32.6 Å². The van der Waals surface area contributed by atoms with Crippen LogP contribution in [0.15, 0.2) is 144 Å². The van der Waals surface area contributed by atoms with Crippen molar-refractivity contribution in [3.8, 4) is 11.1 Å². The van der Waals surface area contributed by atoms with Crippen molar-refractivity contribution in [2.75, 3.05) is 0 Å². The van der Waals surface area contributed by atoms with E-state index in [0.29, 0.717) is 22.3 Å². The Bertz CT molecular complexity index is 2450. The molecule has 8 aromatic rings. The van der Waals surface area contributed by atoms with Crippen molar-refractivity contribution in [1.29, 1.82) is 0 Å². The van der Waals surface area contributed by atoms with Crippen LogP contribution in [0.25, 0.3) is 54.6 Å². The highest BCUT2D eigenvalue weighted by Crippen LogP contribution is 2.49. The normalized spacial score (nSPS) is 16.2. The molecule has 0 fully saturated rings. The van der Waals surface area contributed by atoms with Crippen LogP contribution >= 0.6 is 0 Å². The number of ketones is 1. The van der Waals surface area contributed by atoms with Gasteiger partial charge in [0, 0.05) is 38.6 Å². The molecule has 43 heavy (non-hydrogen) atoms. The first kappa shape index (κ1) is 24.1. The highest BCUT2D eigenvalue weighted by molar-refractivity contribution is 6.20. The molecule has 0 radical (unpaired) electrons. The maximum absolute atomic E-state index is 14.0. The van der Waals surface area contributed by atoms with Gasteiger partial charge < -0.3 is 9.52 Å². The Labute approximate surface area is 247 Å². The number of fused-ring (bicyclic) bond motifs is 8. The van der Waals surface area contributed by atoms with E-state index in [2.05, 4.69) is 36.4 Å². The molecule has 0 saturated carbocycles.